The van der Waals surface area contributed by atoms with Crippen LogP contribution in [0.4, 0.5) is 0 Å². The van der Waals surface area contributed by atoms with Crippen molar-refractivity contribution >= 4 is 40.8 Å². The molecule has 3 rings (SSSR count). The molecule has 0 aliphatic carbocycles. The summed E-state index contributed by atoms with van der Waals surface area (Å²) in [5.41, 5.74) is 0.306. The van der Waals surface area contributed by atoms with E-state index < -0.39 is 40.7 Å². The fraction of sp³-hybridized carbons (Fsp3) is 0.679. The molecule has 2 fully saturated rings. The Kier molecular flexibility index (Phi) is 9.78. The number of aromatic nitrogens is 1. The molecule has 2 aliphatic rings. The second-order valence-corrected chi connectivity index (χ2v) is 12.8. The largest absolute Gasteiger partial charge is 0.458 e. The third-order valence-electron chi connectivity index (χ3n) is 7.74. The fourth-order valence-electron chi connectivity index (χ4n) is 5.02. The molecule has 9 heteroatoms. The minimum Gasteiger partial charge on any atom is -0.458 e. The first-order valence-electron chi connectivity index (χ1n) is 13.0. The summed E-state index contributed by atoms with van der Waals surface area (Å²) in [4.78, 5) is 31.0. The summed E-state index contributed by atoms with van der Waals surface area (Å²) in [7, 11) is 0. The summed E-state index contributed by atoms with van der Waals surface area (Å²) in [6.45, 7) is 12.7. The summed E-state index contributed by atoms with van der Waals surface area (Å²) in [6, 6.07) is 0. The Hall–Kier alpha value is -1.58. The predicted octanol–water partition coefficient (Wildman–Crippen LogP) is 5.21. The number of fused-ring (bicyclic) bond motifs is 1. The number of ether oxygens (including phenoxy) is 2. The lowest BCUT2D eigenvalue weighted by atomic mass is 9.71. The van der Waals surface area contributed by atoms with Crippen molar-refractivity contribution in [1.29, 1.82) is 0 Å². The monoisotopic (exact) mass is 553 g/mol. The van der Waals surface area contributed by atoms with E-state index in [0.29, 0.717) is 25.7 Å². The lowest BCUT2D eigenvalue weighted by molar-refractivity contribution is -0.154. The quantitative estimate of drug-likeness (QED) is 0.228. The molecule has 0 bridgehead atoms. The van der Waals surface area contributed by atoms with Gasteiger partial charge in [-0.05, 0) is 57.1 Å². The van der Waals surface area contributed by atoms with Crippen LogP contribution in [0.25, 0.3) is 6.08 Å². The van der Waals surface area contributed by atoms with Gasteiger partial charge in [0, 0.05) is 17.7 Å². The number of nitrogens with zero attached hydrogens (tertiary/aromatic N) is 1. The topological polar surface area (TPSA) is 109 Å². The molecule has 2 saturated heterocycles. The molecule has 37 heavy (non-hydrogen) atoms. The first-order chi connectivity index (χ1) is 17.3. The highest BCUT2D eigenvalue weighted by atomic mass is 35.5. The Labute approximate surface area is 228 Å². The number of alkyl halides is 1. The number of esters is 1. The van der Waals surface area contributed by atoms with Crippen LogP contribution < -0.4 is 0 Å². The van der Waals surface area contributed by atoms with E-state index in [1.54, 1.807) is 19.9 Å². The second kappa shape index (κ2) is 12.1. The minimum absolute atomic E-state index is 0.170. The molecule has 2 unspecified atom stereocenters. The zero-order valence-corrected chi connectivity index (χ0v) is 24.0. The molecule has 0 spiro atoms. The van der Waals surface area contributed by atoms with E-state index in [9.17, 15) is 19.8 Å². The van der Waals surface area contributed by atoms with Gasteiger partial charge in [-0.15, -0.1) is 17.9 Å². The number of rotatable bonds is 4. The van der Waals surface area contributed by atoms with Gasteiger partial charge in [-0.25, -0.2) is 4.98 Å². The maximum Gasteiger partial charge on any atom is 0.309 e. The minimum atomic E-state index is -1.29. The zero-order valence-electron chi connectivity index (χ0n) is 22.4. The number of Topliss-reactive ketones (excluding diaryl/α,β-unsaturated/α-hetero) is 1. The number of cyclic esters (lactones) is 1. The number of aliphatic hydroxyl groups excluding tert-OH is 2. The Morgan fingerprint density at radius 1 is 1.35 bits per heavy atom. The number of halogens is 1. The van der Waals surface area contributed by atoms with Crippen LogP contribution in [-0.4, -0.2) is 56.4 Å². The van der Waals surface area contributed by atoms with Crippen molar-refractivity contribution in [3.63, 3.8) is 0 Å². The molecule has 2 N–H and O–H groups in total. The first-order valence-corrected chi connectivity index (χ1v) is 14.2. The highest BCUT2D eigenvalue weighted by Crippen LogP contribution is 2.48. The van der Waals surface area contributed by atoms with Gasteiger partial charge in [0.05, 0.1) is 34.7 Å². The normalized spacial score (nSPS) is 35.9. The molecule has 0 radical (unpaired) electrons. The Morgan fingerprint density at radius 3 is 2.68 bits per heavy atom. The van der Waals surface area contributed by atoms with Crippen LogP contribution in [0.5, 0.6) is 0 Å². The van der Waals surface area contributed by atoms with Crippen molar-refractivity contribution in [2.24, 2.45) is 17.3 Å². The number of hydrogen-bond donors (Lipinski definition) is 2. The highest BCUT2D eigenvalue weighted by molar-refractivity contribution is 7.09. The molecule has 7 atom stereocenters. The number of ketones is 1. The van der Waals surface area contributed by atoms with Crippen LogP contribution in [0, 0.1) is 24.2 Å². The summed E-state index contributed by atoms with van der Waals surface area (Å²) in [5.74, 6) is -1.83. The van der Waals surface area contributed by atoms with Crippen molar-refractivity contribution in [2.45, 2.75) is 103 Å². The van der Waals surface area contributed by atoms with Crippen molar-refractivity contribution in [3.8, 4) is 0 Å². The number of epoxide rings is 1. The van der Waals surface area contributed by atoms with Crippen LogP contribution in [0.1, 0.15) is 76.9 Å². The van der Waals surface area contributed by atoms with Crippen molar-refractivity contribution < 1.29 is 29.3 Å². The summed E-state index contributed by atoms with van der Waals surface area (Å²) >= 11 is 8.26. The van der Waals surface area contributed by atoms with Crippen LogP contribution >= 0.6 is 22.9 Å². The number of thiazole rings is 1. The van der Waals surface area contributed by atoms with Crippen LogP contribution in [0.3, 0.4) is 0 Å². The van der Waals surface area contributed by atoms with Crippen molar-refractivity contribution in [1.82, 2.24) is 4.98 Å². The number of hydrogen-bond acceptors (Lipinski definition) is 8. The van der Waals surface area contributed by atoms with Crippen molar-refractivity contribution in [3.05, 3.63) is 34.3 Å². The van der Waals surface area contributed by atoms with Gasteiger partial charge in [-0.2, -0.15) is 0 Å². The smallest absolute Gasteiger partial charge is 0.309 e. The number of carbonyl (C=O) groups is 2. The van der Waals surface area contributed by atoms with E-state index in [0.717, 1.165) is 16.3 Å². The van der Waals surface area contributed by atoms with Crippen LogP contribution in [-0.2, 0) is 19.1 Å². The third-order valence-corrected chi connectivity index (χ3v) is 9.05. The van der Waals surface area contributed by atoms with Gasteiger partial charge in [0.1, 0.15) is 18.0 Å². The Bertz CT molecular complexity index is 1020. The van der Waals surface area contributed by atoms with E-state index in [1.807, 2.05) is 32.2 Å². The zero-order chi connectivity index (χ0) is 27.5. The van der Waals surface area contributed by atoms with Gasteiger partial charge in [-0.3, -0.25) is 9.59 Å². The van der Waals surface area contributed by atoms with Gasteiger partial charge in [0.15, 0.2) is 5.06 Å². The molecule has 1 aromatic heterocycles. The molecule has 0 saturated carbocycles. The third kappa shape index (κ3) is 7.30. The standard InChI is InChI=1S/C28H40ClNO6S/c1-7-9-20-25(33)16(2)10-8-11-28(29)23(36-28)13-21(17(3)12-19-15-37-18(4)30-19)35-24(32)14-22(31)27(5,6)26(20)34/h7,12,15-16,20-23,25,31,33H,1,8-11,13-14H2,2-6H3/t16-,20+,21-,22-,23?,25-,28?/m0/s1. The molecule has 1 aromatic rings. The number of carbonyl (C=O) groups excluding carboxylic acids is 2. The number of allylic oxidation sites excluding steroid dienone is 1. The summed E-state index contributed by atoms with van der Waals surface area (Å²) < 4.78 is 11.7. The maximum absolute atomic E-state index is 13.5. The number of aryl methyl sites for hydroxylation is 1. The Morgan fingerprint density at radius 2 is 2.05 bits per heavy atom. The number of aliphatic hydroxyl groups is 2. The van der Waals surface area contributed by atoms with E-state index >= 15 is 0 Å². The van der Waals surface area contributed by atoms with Gasteiger partial charge >= 0.3 is 5.97 Å². The average molecular weight is 554 g/mol. The van der Waals surface area contributed by atoms with Crippen LogP contribution in [0.15, 0.2) is 23.6 Å². The van der Waals surface area contributed by atoms with E-state index in [4.69, 9.17) is 21.1 Å². The highest BCUT2D eigenvalue weighted by Gasteiger charge is 2.55. The molecule has 3 heterocycles. The van der Waals surface area contributed by atoms with Crippen LogP contribution in [0.2, 0.25) is 0 Å². The van der Waals surface area contributed by atoms with Gasteiger partial charge in [-0.1, -0.05) is 38.4 Å². The van der Waals surface area contributed by atoms with Gasteiger partial charge in [0.25, 0.3) is 0 Å². The molecule has 0 aromatic carbocycles. The molecular formula is C28H40ClNO6S. The Balaban J connectivity index is 1.88. The fourth-order valence-corrected chi connectivity index (χ4v) is 5.92. The second-order valence-electron chi connectivity index (χ2n) is 11.1. The van der Waals surface area contributed by atoms with Gasteiger partial charge in [0.2, 0.25) is 0 Å². The first kappa shape index (κ1) is 30.0. The summed E-state index contributed by atoms with van der Waals surface area (Å²) in [6.07, 6.45) is 2.61. The predicted molar refractivity (Wildman–Crippen MR) is 145 cm³/mol. The SMILES string of the molecule is C=CC[C@H]1C(=O)C(C)(C)[C@@H](O)CC(=O)O[C@H](C(C)=Cc2csc(C)n2)CC2OC2(Cl)CCC[C@H](C)[C@@H]1O. The van der Waals surface area contributed by atoms with E-state index in [2.05, 4.69) is 11.6 Å². The molecule has 206 valence electrons. The summed E-state index contributed by atoms with van der Waals surface area (Å²) in [5, 5.41) is 24.1. The van der Waals surface area contributed by atoms with Gasteiger partial charge < -0.3 is 19.7 Å². The van der Waals surface area contributed by atoms with E-state index in [1.165, 1.54) is 11.3 Å². The van der Waals surface area contributed by atoms with E-state index in [-0.39, 0.29) is 30.6 Å². The lowest BCUT2D eigenvalue weighted by Gasteiger charge is -2.35. The van der Waals surface area contributed by atoms with Crippen molar-refractivity contribution in [2.75, 3.05) is 0 Å². The molecule has 0 amide bonds. The molecule has 2 aliphatic heterocycles. The average Bonchev–Trinajstić information content (AvgIpc) is 3.27. The molecular weight excluding hydrogens is 514 g/mol. The lowest BCUT2D eigenvalue weighted by Crippen LogP contribution is -2.46. The molecule has 7 nitrogen and oxygen atoms in total. The maximum atomic E-state index is 13.5.